The second-order valence-corrected chi connectivity index (χ2v) is 9.50. The van der Waals surface area contributed by atoms with E-state index in [0.717, 1.165) is 15.5 Å². The maximum absolute atomic E-state index is 12.9. The van der Waals surface area contributed by atoms with Gasteiger partial charge in [0.25, 0.3) is 0 Å². The summed E-state index contributed by atoms with van der Waals surface area (Å²) in [5.74, 6) is 1.77. The Hall–Kier alpha value is -1.21. The van der Waals surface area contributed by atoms with E-state index in [2.05, 4.69) is 4.98 Å². The Morgan fingerprint density at radius 3 is 2.52 bits per heavy atom. The first-order valence-electron chi connectivity index (χ1n) is 8.48. The van der Waals surface area contributed by atoms with Crippen molar-refractivity contribution in [2.24, 2.45) is 17.8 Å². The van der Waals surface area contributed by atoms with Crippen molar-refractivity contribution in [3.8, 4) is 0 Å². The largest absolute Gasteiger partial charge is 0.416 e. The molecule has 132 valence electrons. The molecular weight excluding hydrogens is 367 g/mol. The number of hydrogen-bond donors (Lipinski definition) is 1. The number of aromatic amines is 1. The van der Waals surface area contributed by atoms with Gasteiger partial charge in [0.15, 0.2) is 0 Å². The van der Waals surface area contributed by atoms with Gasteiger partial charge in [0.1, 0.15) is 0 Å². The van der Waals surface area contributed by atoms with Gasteiger partial charge in [-0.2, -0.15) is 13.2 Å². The fourth-order valence-corrected chi connectivity index (χ4v) is 8.00. The zero-order valence-electron chi connectivity index (χ0n) is 13.2. The van der Waals surface area contributed by atoms with E-state index in [1.165, 1.54) is 42.7 Å². The van der Waals surface area contributed by atoms with E-state index in [1.807, 2.05) is 0 Å². The number of alkyl halides is 3. The molecule has 0 spiro atoms. The van der Waals surface area contributed by atoms with Crippen LogP contribution in [0.25, 0.3) is 0 Å². The van der Waals surface area contributed by atoms with Gasteiger partial charge in [-0.3, -0.25) is 4.79 Å². The van der Waals surface area contributed by atoms with Gasteiger partial charge < -0.3 is 4.98 Å². The first-order valence-corrected chi connectivity index (χ1v) is 10.2. The van der Waals surface area contributed by atoms with Crippen LogP contribution in [0.4, 0.5) is 13.2 Å². The summed E-state index contributed by atoms with van der Waals surface area (Å²) in [5, 5.41) is 1.41. The lowest BCUT2D eigenvalue weighted by Crippen LogP contribution is -2.33. The number of aromatic nitrogens is 1. The maximum atomic E-state index is 12.9. The standard InChI is InChI=1S/C18H16F3NOS2/c19-18(20,21)11-5-3-8(4-6-11)12-13-9-1-2-10(7-9)14(13)24-16-15(12)25-17(23)22-16/h3-6,9-10,12-14H,1-2,7H2,(H,22,23)/t9-,10-,12+,13-,14-/m1/s1. The fraction of sp³-hybridized carbons (Fsp3) is 0.500. The molecule has 2 saturated carbocycles. The lowest BCUT2D eigenvalue weighted by atomic mass is 9.75. The van der Waals surface area contributed by atoms with Gasteiger partial charge in [0.2, 0.25) is 0 Å². The minimum atomic E-state index is -4.32. The highest BCUT2D eigenvalue weighted by atomic mass is 32.2. The number of hydrogen-bond acceptors (Lipinski definition) is 3. The Morgan fingerprint density at radius 1 is 1.08 bits per heavy atom. The van der Waals surface area contributed by atoms with E-state index in [4.69, 9.17) is 0 Å². The number of thioether (sulfide) groups is 1. The van der Waals surface area contributed by atoms with Gasteiger partial charge in [-0.1, -0.05) is 23.5 Å². The highest BCUT2D eigenvalue weighted by Gasteiger charge is 2.54. The van der Waals surface area contributed by atoms with Crippen molar-refractivity contribution in [3.63, 3.8) is 0 Å². The Bertz CT molecular complexity index is 870. The molecule has 0 saturated heterocycles. The van der Waals surface area contributed by atoms with Crippen molar-refractivity contribution in [2.75, 3.05) is 0 Å². The summed E-state index contributed by atoms with van der Waals surface area (Å²) in [4.78, 5) is 15.8. The predicted molar refractivity (Wildman–Crippen MR) is 92.2 cm³/mol. The number of fused-ring (bicyclic) bond motifs is 6. The van der Waals surface area contributed by atoms with Gasteiger partial charge >= 0.3 is 11.0 Å². The van der Waals surface area contributed by atoms with E-state index in [-0.39, 0.29) is 10.8 Å². The van der Waals surface area contributed by atoms with Crippen LogP contribution in [-0.4, -0.2) is 10.2 Å². The van der Waals surface area contributed by atoms with Gasteiger partial charge in [0.05, 0.1) is 10.6 Å². The molecule has 3 aliphatic rings. The Kier molecular flexibility index (Phi) is 3.45. The molecule has 1 aliphatic heterocycles. The Morgan fingerprint density at radius 2 is 1.80 bits per heavy atom. The van der Waals surface area contributed by atoms with Crippen molar-refractivity contribution in [1.82, 2.24) is 4.98 Å². The minimum Gasteiger partial charge on any atom is -0.307 e. The summed E-state index contributed by atoms with van der Waals surface area (Å²) in [7, 11) is 0. The van der Waals surface area contributed by atoms with Crippen LogP contribution in [0.3, 0.4) is 0 Å². The zero-order chi connectivity index (χ0) is 17.3. The summed E-state index contributed by atoms with van der Waals surface area (Å²) < 4.78 is 38.7. The quantitative estimate of drug-likeness (QED) is 0.742. The van der Waals surface area contributed by atoms with E-state index in [9.17, 15) is 18.0 Å². The molecule has 1 aromatic carbocycles. The summed E-state index contributed by atoms with van der Waals surface area (Å²) in [6.45, 7) is 0. The molecule has 1 N–H and O–H groups in total. The van der Waals surface area contributed by atoms with Crippen molar-refractivity contribution in [1.29, 1.82) is 0 Å². The molecule has 5 rings (SSSR count). The molecular formula is C18H16F3NOS2. The van der Waals surface area contributed by atoms with Gasteiger partial charge in [-0.05, 0) is 54.7 Å². The van der Waals surface area contributed by atoms with Crippen LogP contribution in [-0.2, 0) is 6.18 Å². The third-order valence-electron chi connectivity index (χ3n) is 6.06. The second kappa shape index (κ2) is 5.39. The van der Waals surface area contributed by atoms with Crippen LogP contribution in [0, 0.1) is 17.8 Å². The third-order valence-corrected chi connectivity index (χ3v) is 8.69. The number of benzene rings is 1. The molecule has 2 aliphatic carbocycles. The molecule has 0 unspecified atom stereocenters. The summed E-state index contributed by atoms with van der Waals surface area (Å²) >= 11 is 3.02. The van der Waals surface area contributed by atoms with Crippen molar-refractivity contribution in [2.45, 2.75) is 41.6 Å². The fourth-order valence-electron chi connectivity index (χ4n) is 5.10. The van der Waals surface area contributed by atoms with Crippen LogP contribution in [0.15, 0.2) is 34.1 Å². The van der Waals surface area contributed by atoms with Crippen molar-refractivity contribution >= 4 is 23.1 Å². The lowest BCUT2D eigenvalue weighted by molar-refractivity contribution is -0.137. The molecule has 2 aromatic rings. The SMILES string of the molecule is O=c1[nH]c2c(s1)[C@@H](c1ccc(C(F)(F)F)cc1)[C@H]1[C@@H]3CC[C@H](C3)[C@H]1S2. The number of thiazole rings is 1. The van der Waals surface area contributed by atoms with Crippen LogP contribution >= 0.6 is 23.1 Å². The highest BCUT2D eigenvalue weighted by Crippen LogP contribution is 2.63. The minimum absolute atomic E-state index is 0.0442. The van der Waals surface area contributed by atoms with Gasteiger partial charge in [0, 0.05) is 16.0 Å². The van der Waals surface area contributed by atoms with E-state index >= 15 is 0 Å². The molecule has 2 bridgehead atoms. The Labute approximate surface area is 150 Å². The van der Waals surface area contributed by atoms with E-state index < -0.39 is 11.7 Å². The Balaban J connectivity index is 1.61. The average Bonchev–Trinajstić information content (AvgIpc) is 3.25. The highest BCUT2D eigenvalue weighted by molar-refractivity contribution is 8.00. The topological polar surface area (TPSA) is 32.9 Å². The van der Waals surface area contributed by atoms with Crippen LogP contribution in [0.5, 0.6) is 0 Å². The van der Waals surface area contributed by atoms with Crippen molar-refractivity contribution in [3.05, 3.63) is 49.9 Å². The van der Waals surface area contributed by atoms with Gasteiger partial charge in [-0.15, -0.1) is 11.8 Å². The molecule has 0 amide bonds. The maximum Gasteiger partial charge on any atom is 0.416 e. The summed E-state index contributed by atoms with van der Waals surface area (Å²) in [6, 6.07) is 5.57. The monoisotopic (exact) mass is 383 g/mol. The van der Waals surface area contributed by atoms with Crippen LogP contribution < -0.4 is 4.87 Å². The predicted octanol–water partition coefficient (Wildman–Crippen LogP) is 5.11. The zero-order valence-corrected chi connectivity index (χ0v) is 14.8. The molecule has 0 radical (unpaired) electrons. The summed E-state index contributed by atoms with van der Waals surface area (Å²) in [6.07, 6.45) is -0.654. The molecule has 2 heterocycles. The number of halogens is 3. The lowest BCUT2D eigenvalue weighted by Gasteiger charge is -2.40. The normalized spacial score (nSPS) is 33.3. The molecule has 2 fully saturated rings. The van der Waals surface area contributed by atoms with Gasteiger partial charge in [-0.25, -0.2) is 0 Å². The van der Waals surface area contributed by atoms with E-state index in [0.29, 0.717) is 23.0 Å². The molecule has 2 nitrogen and oxygen atoms in total. The van der Waals surface area contributed by atoms with Crippen molar-refractivity contribution < 1.29 is 13.2 Å². The second-order valence-electron chi connectivity index (χ2n) is 7.30. The van der Waals surface area contributed by atoms with Crippen LogP contribution in [0.2, 0.25) is 0 Å². The number of H-pyrrole nitrogens is 1. The molecule has 5 atom stereocenters. The van der Waals surface area contributed by atoms with E-state index in [1.54, 1.807) is 23.9 Å². The average molecular weight is 383 g/mol. The third kappa shape index (κ3) is 2.42. The number of rotatable bonds is 1. The first kappa shape index (κ1) is 16.0. The van der Waals surface area contributed by atoms with Crippen LogP contribution in [0.1, 0.15) is 41.2 Å². The molecule has 25 heavy (non-hydrogen) atoms. The molecule has 1 aromatic heterocycles. The molecule has 7 heteroatoms. The smallest absolute Gasteiger partial charge is 0.307 e. The summed E-state index contributed by atoms with van der Waals surface area (Å²) in [5.41, 5.74) is 0.292. The first-order chi connectivity index (χ1) is 11.9. The number of nitrogens with one attached hydrogen (secondary N) is 1.